The third kappa shape index (κ3) is 5.60. The molecule has 0 aliphatic carbocycles. The molecule has 0 aromatic heterocycles. The quantitative estimate of drug-likeness (QED) is 0.162. The van der Waals surface area contributed by atoms with Crippen LogP contribution in [-0.4, -0.2) is 50.0 Å². The Morgan fingerprint density at radius 1 is 0.583 bits per heavy atom. The highest BCUT2D eigenvalue weighted by Crippen LogP contribution is 2.52. The fourth-order valence-corrected chi connectivity index (χ4v) is 57.1. The van der Waals surface area contributed by atoms with Crippen molar-refractivity contribution in [1.82, 2.24) is 0 Å². The molecular weight excluding hydrogens is 553 g/mol. The first-order valence-electron chi connectivity index (χ1n) is 13.2. The number of ether oxygens (including phenoxy) is 2. The van der Waals surface area contributed by atoms with Crippen LogP contribution in [0, 0.1) is 13.8 Å². The maximum atomic E-state index is 6.38. The zero-order valence-corrected chi connectivity index (χ0v) is 28.7. The molecule has 0 N–H and O–H groups in total. The molecule has 36 heavy (non-hydrogen) atoms. The van der Waals surface area contributed by atoms with Gasteiger partial charge < -0.3 is 9.47 Å². The lowest BCUT2D eigenvalue weighted by Crippen LogP contribution is -2.71. The zero-order chi connectivity index (χ0) is 26.3. The van der Waals surface area contributed by atoms with Crippen LogP contribution in [0.3, 0.4) is 0 Å². The third-order valence-corrected chi connectivity index (χ3v) is 55.4. The standard InChI is InChI=1S/C28H44O2S4Si2/c1-9-11-13-15-29-25-19-23-24-20-26(30-16-14-12-10-2)22(4)18-28(24)36(33-7,34-8)35(31-5,32-6)27(23)17-21(25)3/h17-20H,9-16H2,1-8H3. The van der Waals surface area contributed by atoms with Gasteiger partial charge in [-0.15, -0.1) is 0 Å². The minimum atomic E-state index is -1.96. The summed E-state index contributed by atoms with van der Waals surface area (Å²) in [4.78, 5) is 0. The van der Waals surface area contributed by atoms with Crippen LogP contribution in [-0.2, 0) is 0 Å². The summed E-state index contributed by atoms with van der Waals surface area (Å²) in [5.41, 5.74) is 5.34. The van der Waals surface area contributed by atoms with Gasteiger partial charge in [0.25, 0.3) is 0 Å². The topological polar surface area (TPSA) is 18.5 Å². The fraction of sp³-hybridized carbons (Fsp3) is 0.571. The van der Waals surface area contributed by atoms with Gasteiger partial charge in [-0.2, -0.15) is 44.8 Å². The summed E-state index contributed by atoms with van der Waals surface area (Å²) < 4.78 is 12.8. The van der Waals surface area contributed by atoms with Gasteiger partial charge >= 0.3 is 0 Å². The molecule has 0 saturated heterocycles. The number of benzene rings is 2. The molecule has 200 valence electrons. The van der Waals surface area contributed by atoms with Crippen molar-refractivity contribution in [3.05, 3.63) is 35.4 Å². The van der Waals surface area contributed by atoms with E-state index in [0.717, 1.165) is 37.6 Å². The van der Waals surface area contributed by atoms with Crippen molar-refractivity contribution in [3.8, 4) is 22.6 Å². The van der Waals surface area contributed by atoms with Crippen LogP contribution in [0.4, 0.5) is 0 Å². The van der Waals surface area contributed by atoms with Gasteiger partial charge in [-0.05, 0) is 96.5 Å². The monoisotopic (exact) mass is 596 g/mol. The Bertz CT molecular complexity index is 942. The summed E-state index contributed by atoms with van der Waals surface area (Å²) >= 11 is 8.70. The van der Waals surface area contributed by atoms with Gasteiger partial charge in [-0.25, -0.2) is 0 Å². The van der Waals surface area contributed by atoms with Crippen molar-refractivity contribution in [2.75, 3.05) is 38.2 Å². The maximum Gasteiger partial charge on any atom is 0.225 e. The summed E-state index contributed by atoms with van der Waals surface area (Å²) in [6.07, 6.45) is 16.6. The van der Waals surface area contributed by atoms with E-state index in [4.69, 9.17) is 9.47 Å². The summed E-state index contributed by atoms with van der Waals surface area (Å²) in [7, 11) is 0. The molecule has 2 aromatic carbocycles. The molecule has 0 amide bonds. The second-order valence-electron chi connectivity index (χ2n) is 9.49. The van der Waals surface area contributed by atoms with Crippen LogP contribution >= 0.6 is 44.8 Å². The normalized spacial score (nSPS) is 15.3. The summed E-state index contributed by atoms with van der Waals surface area (Å²) in [6.45, 7) is 10.6. The Balaban J connectivity index is 2.23. The SMILES string of the molecule is CCCCCOc1cc2c(cc1C)[Si](SC)(SC)[Si](SC)(SC)c1cc(C)c(OCCCCC)cc1-2. The maximum absolute atomic E-state index is 6.38. The molecule has 0 spiro atoms. The molecule has 2 nitrogen and oxygen atoms in total. The van der Waals surface area contributed by atoms with Crippen molar-refractivity contribution < 1.29 is 9.47 Å². The molecule has 0 bridgehead atoms. The molecule has 0 fully saturated rings. The predicted molar refractivity (Wildman–Crippen MR) is 176 cm³/mol. The Labute approximate surface area is 237 Å². The van der Waals surface area contributed by atoms with E-state index in [1.165, 1.54) is 47.9 Å². The molecule has 0 saturated carbocycles. The lowest BCUT2D eigenvalue weighted by molar-refractivity contribution is 0.304. The highest BCUT2D eigenvalue weighted by molar-refractivity contribution is 8.84. The Hall–Kier alpha value is -0.126. The van der Waals surface area contributed by atoms with Crippen molar-refractivity contribution >= 4 is 67.0 Å². The van der Waals surface area contributed by atoms with Crippen LogP contribution in [0.1, 0.15) is 63.5 Å². The average molecular weight is 597 g/mol. The van der Waals surface area contributed by atoms with E-state index < -0.39 is 11.8 Å². The van der Waals surface area contributed by atoms with Crippen molar-refractivity contribution in [3.63, 3.8) is 0 Å². The average Bonchev–Trinajstić information content (AvgIpc) is 2.89. The van der Waals surface area contributed by atoms with Gasteiger partial charge in [0, 0.05) is 0 Å². The number of hydrogen-bond donors (Lipinski definition) is 0. The highest BCUT2D eigenvalue weighted by atomic mass is 32.7. The molecule has 3 rings (SSSR count). The molecule has 2 aromatic rings. The summed E-state index contributed by atoms with van der Waals surface area (Å²) in [5, 5.41) is 3.20. The lowest BCUT2D eigenvalue weighted by Gasteiger charge is -2.48. The smallest absolute Gasteiger partial charge is 0.225 e. The van der Waals surface area contributed by atoms with Gasteiger partial charge in [-0.3, -0.25) is 0 Å². The molecule has 1 aliphatic heterocycles. The van der Waals surface area contributed by atoms with E-state index >= 15 is 0 Å². The molecule has 8 heteroatoms. The Morgan fingerprint density at radius 3 is 1.25 bits per heavy atom. The van der Waals surface area contributed by atoms with Crippen LogP contribution < -0.4 is 19.8 Å². The van der Waals surface area contributed by atoms with Gasteiger partial charge in [0.1, 0.15) is 11.5 Å². The van der Waals surface area contributed by atoms with Gasteiger partial charge in [-0.1, -0.05) is 51.7 Å². The Kier molecular flexibility index (Phi) is 11.6. The van der Waals surface area contributed by atoms with E-state index in [2.05, 4.69) is 122 Å². The largest absolute Gasteiger partial charge is 0.493 e. The predicted octanol–water partition coefficient (Wildman–Crippen LogP) is 7.95. The number of unbranched alkanes of at least 4 members (excludes halogenated alkanes) is 4. The molecule has 0 unspecified atom stereocenters. The van der Waals surface area contributed by atoms with Crippen LogP contribution in [0.15, 0.2) is 24.3 Å². The van der Waals surface area contributed by atoms with E-state index in [0.29, 0.717) is 0 Å². The first-order valence-corrected chi connectivity index (χ1v) is 26.0. The van der Waals surface area contributed by atoms with E-state index in [1.807, 2.05) is 0 Å². The molecule has 0 atom stereocenters. The number of fused-ring (bicyclic) bond motifs is 3. The zero-order valence-electron chi connectivity index (χ0n) is 23.4. The van der Waals surface area contributed by atoms with Crippen molar-refractivity contribution in [1.29, 1.82) is 0 Å². The number of hydrogen-bond acceptors (Lipinski definition) is 6. The van der Waals surface area contributed by atoms with E-state index in [1.54, 1.807) is 10.4 Å². The molecule has 1 aliphatic rings. The molecule has 1 heterocycles. The van der Waals surface area contributed by atoms with Crippen molar-refractivity contribution in [2.45, 2.75) is 66.2 Å². The molecule has 0 radical (unpaired) electrons. The fourth-order valence-electron chi connectivity index (χ4n) is 5.24. The minimum absolute atomic E-state index is 0.794. The van der Waals surface area contributed by atoms with Crippen LogP contribution in [0.25, 0.3) is 11.1 Å². The van der Waals surface area contributed by atoms with E-state index in [9.17, 15) is 0 Å². The summed E-state index contributed by atoms with van der Waals surface area (Å²) in [5.74, 6) is -1.81. The van der Waals surface area contributed by atoms with E-state index in [-0.39, 0.29) is 0 Å². The Morgan fingerprint density at radius 2 is 0.944 bits per heavy atom. The van der Waals surface area contributed by atoms with Crippen molar-refractivity contribution in [2.24, 2.45) is 0 Å². The van der Waals surface area contributed by atoms with Gasteiger partial charge in [0.2, 0.25) is 11.8 Å². The first-order chi connectivity index (χ1) is 17.4. The lowest BCUT2D eigenvalue weighted by atomic mass is 10.0. The van der Waals surface area contributed by atoms with Gasteiger partial charge in [0.15, 0.2) is 0 Å². The van der Waals surface area contributed by atoms with Crippen LogP contribution in [0.5, 0.6) is 11.5 Å². The van der Waals surface area contributed by atoms with Gasteiger partial charge in [0.05, 0.1) is 13.2 Å². The van der Waals surface area contributed by atoms with Crippen LogP contribution in [0.2, 0.25) is 0 Å². The minimum Gasteiger partial charge on any atom is -0.493 e. The highest BCUT2D eigenvalue weighted by Gasteiger charge is 2.62. The summed E-state index contributed by atoms with van der Waals surface area (Å²) in [6, 6.07) is 9.75. The molecular formula is C28H44O2S4Si2. The second kappa shape index (κ2) is 13.8. The second-order valence-corrected chi connectivity index (χ2v) is 37.3. The number of aryl methyl sites for hydroxylation is 2. The first kappa shape index (κ1) is 30.4. The number of rotatable bonds is 14. The third-order valence-electron chi connectivity index (χ3n) is 7.22.